The van der Waals surface area contributed by atoms with Crippen molar-refractivity contribution in [2.24, 2.45) is 0 Å². The minimum atomic E-state index is -0.530. The van der Waals surface area contributed by atoms with Gasteiger partial charge in [0.2, 0.25) is 5.91 Å². The molecule has 1 rings (SSSR count). The first-order chi connectivity index (χ1) is 8.06. The molecule has 1 N–H and O–H groups in total. The molecule has 0 unspecified atom stereocenters. The molecular weight excluding hydrogens is 244 g/mol. The number of amides is 1. The third kappa shape index (κ3) is 4.08. The second-order valence-electron chi connectivity index (χ2n) is 3.27. The smallest absolute Gasteiger partial charge is 0.301 e. The number of nitrogens with one attached hydrogen (secondary N) is 1. The molecule has 0 bridgehead atoms. The van der Waals surface area contributed by atoms with Crippen LogP contribution in [0.15, 0.2) is 6.20 Å². The van der Waals surface area contributed by atoms with Crippen LogP contribution in [0.25, 0.3) is 0 Å². The Kier molecular flexibility index (Phi) is 4.98. The second kappa shape index (κ2) is 6.26. The fourth-order valence-electron chi connectivity index (χ4n) is 1.22. The van der Waals surface area contributed by atoms with Gasteiger partial charge >= 0.3 is 5.00 Å². The van der Waals surface area contributed by atoms with E-state index in [1.54, 1.807) is 0 Å². The fraction of sp³-hybridized carbons (Fsp3) is 0.556. The van der Waals surface area contributed by atoms with E-state index in [1.807, 2.05) is 18.7 Å². The maximum absolute atomic E-state index is 11.6. The Morgan fingerprint density at radius 1 is 1.59 bits per heavy atom. The molecule has 0 spiro atoms. The number of nitro groups is 1. The molecular formula is C9H14N4O3S. The Morgan fingerprint density at radius 2 is 2.24 bits per heavy atom. The summed E-state index contributed by atoms with van der Waals surface area (Å²) in [6.07, 6.45) is 1.14. The van der Waals surface area contributed by atoms with E-state index in [0.29, 0.717) is 0 Å². The van der Waals surface area contributed by atoms with Crippen LogP contribution < -0.4 is 5.32 Å². The van der Waals surface area contributed by atoms with E-state index in [0.717, 1.165) is 30.6 Å². The number of hydrogen-bond donors (Lipinski definition) is 1. The van der Waals surface area contributed by atoms with E-state index >= 15 is 0 Å². The van der Waals surface area contributed by atoms with Crippen LogP contribution in [-0.4, -0.2) is 40.3 Å². The molecule has 0 radical (unpaired) electrons. The number of carbonyl (C=O) groups is 1. The highest BCUT2D eigenvalue weighted by molar-refractivity contribution is 7.18. The van der Waals surface area contributed by atoms with E-state index in [-0.39, 0.29) is 22.6 Å². The van der Waals surface area contributed by atoms with Gasteiger partial charge in [-0.1, -0.05) is 13.8 Å². The summed E-state index contributed by atoms with van der Waals surface area (Å²) in [7, 11) is 0. The van der Waals surface area contributed by atoms with E-state index in [2.05, 4.69) is 10.3 Å². The van der Waals surface area contributed by atoms with Crippen molar-refractivity contribution in [3.63, 3.8) is 0 Å². The van der Waals surface area contributed by atoms with Crippen molar-refractivity contribution >= 4 is 27.4 Å². The minimum Gasteiger partial charge on any atom is -0.301 e. The van der Waals surface area contributed by atoms with Gasteiger partial charge in [0.25, 0.3) is 0 Å². The van der Waals surface area contributed by atoms with E-state index < -0.39 is 4.92 Å². The summed E-state index contributed by atoms with van der Waals surface area (Å²) in [5.41, 5.74) is 0. The van der Waals surface area contributed by atoms with Gasteiger partial charge in [-0.2, -0.15) is 0 Å². The van der Waals surface area contributed by atoms with Gasteiger partial charge in [0.15, 0.2) is 5.13 Å². The Hall–Kier alpha value is -1.54. The number of aromatic nitrogens is 1. The van der Waals surface area contributed by atoms with Crippen LogP contribution in [0.4, 0.5) is 10.1 Å². The van der Waals surface area contributed by atoms with Gasteiger partial charge in [0, 0.05) is 0 Å². The van der Waals surface area contributed by atoms with Gasteiger partial charge in [-0.15, -0.1) is 0 Å². The van der Waals surface area contributed by atoms with Crippen molar-refractivity contribution in [3.8, 4) is 0 Å². The van der Waals surface area contributed by atoms with Crippen LogP contribution in [0.5, 0.6) is 0 Å². The zero-order valence-electron chi connectivity index (χ0n) is 9.67. The van der Waals surface area contributed by atoms with Gasteiger partial charge in [0.05, 0.1) is 11.5 Å². The first-order valence-corrected chi connectivity index (χ1v) is 6.00. The maximum Gasteiger partial charge on any atom is 0.345 e. The number of nitrogens with zero attached hydrogens (tertiary/aromatic N) is 3. The number of anilines is 1. The molecule has 0 atom stereocenters. The first-order valence-electron chi connectivity index (χ1n) is 5.19. The van der Waals surface area contributed by atoms with Crippen molar-refractivity contribution in [1.29, 1.82) is 0 Å². The van der Waals surface area contributed by atoms with E-state index in [9.17, 15) is 14.9 Å². The van der Waals surface area contributed by atoms with Gasteiger partial charge in [-0.3, -0.25) is 19.8 Å². The Balaban J connectivity index is 2.52. The molecule has 0 saturated heterocycles. The lowest BCUT2D eigenvalue weighted by atomic mass is 10.4. The summed E-state index contributed by atoms with van der Waals surface area (Å²) in [5, 5.41) is 13.1. The van der Waals surface area contributed by atoms with Gasteiger partial charge < -0.3 is 5.32 Å². The summed E-state index contributed by atoms with van der Waals surface area (Å²) in [6.45, 7) is 5.75. The maximum atomic E-state index is 11.6. The molecule has 0 aliphatic rings. The summed E-state index contributed by atoms with van der Waals surface area (Å²) in [6, 6.07) is 0. The molecule has 7 nitrogen and oxygen atoms in total. The first kappa shape index (κ1) is 13.5. The molecule has 0 aromatic carbocycles. The molecule has 1 amide bonds. The zero-order chi connectivity index (χ0) is 12.8. The molecule has 0 fully saturated rings. The summed E-state index contributed by atoms with van der Waals surface area (Å²) >= 11 is 0.851. The highest BCUT2D eigenvalue weighted by atomic mass is 32.1. The van der Waals surface area contributed by atoms with Gasteiger partial charge in [-0.05, 0) is 24.4 Å². The van der Waals surface area contributed by atoms with E-state index in [1.165, 1.54) is 0 Å². The number of carbonyl (C=O) groups excluding carboxylic acids is 1. The van der Waals surface area contributed by atoms with Gasteiger partial charge in [0.1, 0.15) is 6.20 Å². The fourth-order valence-corrected chi connectivity index (χ4v) is 1.87. The van der Waals surface area contributed by atoms with Crippen molar-refractivity contribution in [3.05, 3.63) is 16.3 Å². The minimum absolute atomic E-state index is 0.0804. The SMILES string of the molecule is CCN(CC)CC(=O)Nc1ncc([N+](=O)[O-])s1. The monoisotopic (exact) mass is 258 g/mol. The third-order valence-electron chi connectivity index (χ3n) is 2.18. The number of thiazole rings is 1. The van der Waals surface area contributed by atoms with Crippen LogP contribution in [0, 0.1) is 10.1 Å². The quantitative estimate of drug-likeness (QED) is 0.614. The largest absolute Gasteiger partial charge is 0.345 e. The third-order valence-corrected chi connectivity index (χ3v) is 3.05. The highest BCUT2D eigenvalue weighted by Crippen LogP contribution is 2.24. The van der Waals surface area contributed by atoms with Crippen LogP contribution in [0.1, 0.15) is 13.8 Å². The molecule has 1 heterocycles. The average Bonchev–Trinajstić information content (AvgIpc) is 2.74. The van der Waals surface area contributed by atoms with Crippen LogP contribution in [0.2, 0.25) is 0 Å². The predicted octanol–water partition coefficient (Wildman–Crippen LogP) is 1.33. The molecule has 1 aromatic rings. The summed E-state index contributed by atoms with van der Waals surface area (Å²) < 4.78 is 0. The summed E-state index contributed by atoms with van der Waals surface area (Å²) in [4.78, 5) is 27.2. The van der Waals surface area contributed by atoms with Crippen molar-refractivity contribution in [2.45, 2.75) is 13.8 Å². The van der Waals surface area contributed by atoms with Crippen molar-refractivity contribution in [1.82, 2.24) is 9.88 Å². The number of rotatable bonds is 6. The van der Waals surface area contributed by atoms with Crippen LogP contribution >= 0.6 is 11.3 Å². The molecule has 17 heavy (non-hydrogen) atoms. The van der Waals surface area contributed by atoms with E-state index in [4.69, 9.17) is 0 Å². The predicted molar refractivity (Wildman–Crippen MR) is 65.2 cm³/mol. The zero-order valence-corrected chi connectivity index (χ0v) is 10.5. The highest BCUT2D eigenvalue weighted by Gasteiger charge is 2.14. The topological polar surface area (TPSA) is 88.4 Å². The number of hydrogen-bond acceptors (Lipinski definition) is 6. The van der Waals surface area contributed by atoms with Crippen LogP contribution in [0.3, 0.4) is 0 Å². The van der Waals surface area contributed by atoms with Crippen molar-refractivity contribution in [2.75, 3.05) is 25.0 Å². The number of likely N-dealkylation sites (N-methyl/N-ethyl adjacent to an activating group) is 1. The normalized spacial score (nSPS) is 10.5. The lowest BCUT2D eigenvalue weighted by Crippen LogP contribution is -2.32. The molecule has 1 aromatic heterocycles. The summed E-state index contributed by atoms with van der Waals surface area (Å²) in [5.74, 6) is -0.210. The standard InChI is InChI=1S/C9H14N4O3S/c1-3-12(4-2)6-7(14)11-9-10-5-8(17-9)13(15)16/h5H,3-4,6H2,1-2H3,(H,10,11,14). The second-order valence-corrected chi connectivity index (χ2v) is 4.28. The van der Waals surface area contributed by atoms with Crippen molar-refractivity contribution < 1.29 is 9.72 Å². The molecule has 0 aliphatic heterocycles. The Morgan fingerprint density at radius 3 is 2.71 bits per heavy atom. The Bertz CT molecular complexity index is 403. The lowest BCUT2D eigenvalue weighted by Gasteiger charge is -2.16. The Labute approximate surface area is 103 Å². The van der Waals surface area contributed by atoms with Crippen LogP contribution in [-0.2, 0) is 4.79 Å². The van der Waals surface area contributed by atoms with Gasteiger partial charge in [-0.25, -0.2) is 4.98 Å². The molecule has 0 saturated carbocycles. The molecule has 8 heteroatoms. The molecule has 0 aliphatic carbocycles. The lowest BCUT2D eigenvalue weighted by molar-refractivity contribution is -0.380. The average molecular weight is 258 g/mol. The molecule has 94 valence electrons.